The first-order valence-electron chi connectivity index (χ1n) is 13.7. The average Bonchev–Trinajstić information content (AvgIpc) is 3.55. The van der Waals surface area contributed by atoms with E-state index >= 15 is 0 Å². The lowest BCUT2D eigenvalue weighted by molar-refractivity contribution is -0.149. The zero-order valence-electron chi connectivity index (χ0n) is 22.3. The molecule has 8 nitrogen and oxygen atoms in total. The summed E-state index contributed by atoms with van der Waals surface area (Å²) in [6.45, 7) is 1.77. The summed E-state index contributed by atoms with van der Waals surface area (Å²) in [5, 5.41) is 16.5. The molecule has 3 amide bonds. The van der Waals surface area contributed by atoms with Crippen molar-refractivity contribution in [2.75, 3.05) is 11.9 Å². The molecule has 2 unspecified atom stereocenters. The molecule has 6 atom stereocenters. The van der Waals surface area contributed by atoms with Crippen LogP contribution in [0.4, 0.5) is 5.69 Å². The highest BCUT2D eigenvalue weighted by Crippen LogP contribution is 2.64. The molecule has 0 aliphatic carbocycles. The standard InChI is InChI=1S/C32H33N3O5/c1-31-17-18-32(40-31)26(25(31)28(37)34-23-15-9-4-10-16-23)30(39)35(24(20-36)22-13-7-3-8-14-22)27(32)29(38)33-19-21-11-5-2-6-12-21/h2-16,24-27,36H,17-20H2,1H3,(H,33,38)(H,34,37)/t24-,25-,26+,27?,31+,32?/m1/s1. The Balaban J connectivity index is 1.39. The van der Waals surface area contributed by atoms with Gasteiger partial charge in [0.15, 0.2) is 0 Å². The van der Waals surface area contributed by atoms with E-state index in [1.165, 1.54) is 4.90 Å². The number of rotatable bonds is 8. The van der Waals surface area contributed by atoms with Crippen LogP contribution in [0.25, 0.3) is 0 Å². The van der Waals surface area contributed by atoms with Gasteiger partial charge in [0.05, 0.1) is 30.1 Å². The van der Waals surface area contributed by atoms with E-state index in [-0.39, 0.29) is 30.9 Å². The van der Waals surface area contributed by atoms with Crippen LogP contribution in [0.3, 0.4) is 0 Å². The van der Waals surface area contributed by atoms with Gasteiger partial charge in [0, 0.05) is 12.2 Å². The number of nitrogens with zero attached hydrogens (tertiary/aromatic N) is 1. The van der Waals surface area contributed by atoms with Crippen LogP contribution in [-0.2, 0) is 25.7 Å². The summed E-state index contributed by atoms with van der Waals surface area (Å²) in [6.07, 6.45) is 0.997. The Morgan fingerprint density at radius 2 is 1.57 bits per heavy atom. The monoisotopic (exact) mass is 539 g/mol. The van der Waals surface area contributed by atoms with Crippen molar-refractivity contribution in [3.8, 4) is 0 Å². The smallest absolute Gasteiger partial charge is 0.246 e. The Labute approximate surface area is 233 Å². The number of ether oxygens (including phenoxy) is 1. The molecule has 40 heavy (non-hydrogen) atoms. The minimum absolute atomic E-state index is 0.281. The number of para-hydroxylation sites is 1. The Kier molecular flexibility index (Phi) is 6.68. The van der Waals surface area contributed by atoms with Gasteiger partial charge in [-0.3, -0.25) is 14.4 Å². The Bertz CT molecular complexity index is 1400. The second-order valence-corrected chi connectivity index (χ2v) is 11.1. The van der Waals surface area contributed by atoms with Gasteiger partial charge in [-0.1, -0.05) is 78.9 Å². The molecule has 0 saturated carbocycles. The van der Waals surface area contributed by atoms with E-state index in [4.69, 9.17) is 4.74 Å². The summed E-state index contributed by atoms with van der Waals surface area (Å²) in [4.78, 5) is 43.7. The van der Waals surface area contributed by atoms with E-state index in [0.717, 1.165) is 5.56 Å². The minimum atomic E-state index is -1.19. The maximum absolute atomic E-state index is 14.4. The number of anilines is 1. The van der Waals surface area contributed by atoms with E-state index < -0.39 is 35.1 Å². The number of nitrogens with one attached hydrogen (secondary N) is 2. The molecule has 206 valence electrons. The second kappa shape index (κ2) is 10.2. The van der Waals surface area contributed by atoms with Crippen molar-refractivity contribution in [3.63, 3.8) is 0 Å². The fourth-order valence-corrected chi connectivity index (χ4v) is 7.05. The molecule has 3 N–H and O–H groups in total. The molecule has 1 spiro atoms. The lowest BCUT2D eigenvalue weighted by Gasteiger charge is -2.37. The molecular weight excluding hydrogens is 506 g/mol. The third-order valence-electron chi connectivity index (χ3n) is 8.79. The van der Waals surface area contributed by atoms with E-state index in [0.29, 0.717) is 24.1 Å². The van der Waals surface area contributed by atoms with Gasteiger partial charge in [-0.15, -0.1) is 0 Å². The Hall–Kier alpha value is -4.01. The Morgan fingerprint density at radius 3 is 2.23 bits per heavy atom. The van der Waals surface area contributed by atoms with Gasteiger partial charge in [-0.05, 0) is 43.0 Å². The number of fused-ring (bicyclic) bond motifs is 1. The van der Waals surface area contributed by atoms with E-state index in [1.807, 2.05) is 85.8 Å². The minimum Gasteiger partial charge on any atom is -0.394 e. The summed E-state index contributed by atoms with van der Waals surface area (Å²) >= 11 is 0. The number of carbonyl (C=O) groups excluding carboxylic acids is 3. The molecule has 3 aromatic carbocycles. The maximum Gasteiger partial charge on any atom is 0.246 e. The van der Waals surface area contributed by atoms with Crippen LogP contribution in [0.1, 0.15) is 36.9 Å². The quantitative estimate of drug-likeness (QED) is 0.407. The summed E-state index contributed by atoms with van der Waals surface area (Å²) in [6, 6.07) is 26.1. The van der Waals surface area contributed by atoms with Crippen LogP contribution in [0, 0.1) is 11.8 Å². The van der Waals surface area contributed by atoms with Gasteiger partial charge < -0.3 is 25.4 Å². The molecule has 3 saturated heterocycles. The lowest BCUT2D eigenvalue weighted by Crippen LogP contribution is -2.56. The Morgan fingerprint density at radius 1 is 0.950 bits per heavy atom. The predicted molar refractivity (Wildman–Crippen MR) is 149 cm³/mol. The zero-order chi connectivity index (χ0) is 27.9. The van der Waals surface area contributed by atoms with Crippen molar-refractivity contribution in [1.29, 1.82) is 0 Å². The lowest BCUT2D eigenvalue weighted by atomic mass is 9.66. The number of benzene rings is 3. The molecular formula is C32H33N3O5. The first-order chi connectivity index (χ1) is 19.4. The largest absolute Gasteiger partial charge is 0.394 e. The van der Waals surface area contributed by atoms with Gasteiger partial charge in [-0.25, -0.2) is 0 Å². The van der Waals surface area contributed by atoms with Gasteiger partial charge in [0.1, 0.15) is 11.6 Å². The van der Waals surface area contributed by atoms with Crippen LogP contribution < -0.4 is 10.6 Å². The highest BCUT2D eigenvalue weighted by Gasteiger charge is 2.78. The molecule has 6 rings (SSSR count). The molecule has 3 aromatic rings. The van der Waals surface area contributed by atoms with E-state index in [1.54, 1.807) is 12.1 Å². The molecule has 8 heteroatoms. The second-order valence-electron chi connectivity index (χ2n) is 11.1. The van der Waals surface area contributed by atoms with Gasteiger partial charge in [0.2, 0.25) is 17.7 Å². The van der Waals surface area contributed by atoms with Gasteiger partial charge in [0.25, 0.3) is 0 Å². The fourth-order valence-electron chi connectivity index (χ4n) is 7.05. The molecule has 3 heterocycles. The maximum atomic E-state index is 14.4. The molecule has 2 bridgehead atoms. The first-order valence-corrected chi connectivity index (χ1v) is 13.7. The van der Waals surface area contributed by atoms with Crippen LogP contribution in [0.5, 0.6) is 0 Å². The summed E-state index contributed by atoms with van der Waals surface area (Å²) in [5.74, 6) is -2.67. The van der Waals surface area contributed by atoms with Crippen LogP contribution >= 0.6 is 0 Å². The van der Waals surface area contributed by atoms with E-state index in [9.17, 15) is 19.5 Å². The highest BCUT2D eigenvalue weighted by atomic mass is 16.5. The number of hydrogen-bond acceptors (Lipinski definition) is 5. The fraction of sp³-hybridized carbons (Fsp3) is 0.344. The molecule has 0 aromatic heterocycles. The van der Waals surface area contributed by atoms with Crippen molar-refractivity contribution < 1.29 is 24.2 Å². The third-order valence-corrected chi connectivity index (χ3v) is 8.79. The summed E-state index contributed by atoms with van der Waals surface area (Å²) < 4.78 is 6.69. The SMILES string of the molecule is C[C@@]12CCC3(O1)C(C(=O)NCc1ccccc1)N([C@H](CO)c1ccccc1)C(=O)[C@@H]3[C@@H]2C(=O)Nc1ccccc1. The van der Waals surface area contributed by atoms with Crippen LogP contribution in [0.15, 0.2) is 91.0 Å². The summed E-state index contributed by atoms with van der Waals surface area (Å²) in [7, 11) is 0. The number of aliphatic hydroxyl groups excluding tert-OH is 1. The number of aliphatic hydroxyl groups is 1. The zero-order valence-corrected chi connectivity index (χ0v) is 22.3. The van der Waals surface area contributed by atoms with Crippen molar-refractivity contribution >= 4 is 23.4 Å². The van der Waals surface area contributed by atoms with Crippen LogP contribution in [-0.4, -0.2) is 51.6 Å². The van der Waals surface area contributed by atoms with Gasteiger partial charge in [-0.2, -0.15) is 0 Å². The van der Waals surface area contributed by atoms with Gasteiger partial charge >= 0.3 is 0 Å². The van der Waals surface area contributed by atoms with Crippen molar-refractivity contribution in [1.82, 2.24) is 10.2 Å². The number of likely N-dealkylation sites (tertiary alicyclic amines) is 1. The number of carbonyl (C=O) groups is 3. The number of amides is 3. The summed E-state index contributed by atoms with van der Waals surface area (Å²) in [5.41, 5.74) is 0.177. The van der Waals surface area contributed by atoms with Crippen molar-refractivity contribution in [2.45, 2.75) is 49.6 Å². The predicted octanol–water partition coefficient (Wildman–Crippen LogP) is 3.44. The normalized spacial score (nSPS) is 29.2. The third kappa shape index (κ3) is 4.19. The van der Waals surface area contributed by atoms with Crippen LogP contribution in [0.2, 0.25) is 0 Å². The average molecular weight is 540 g/mol. The van der Waals surface area contributed by atoms with Crippen molar-refractivity contribution in [3.05, 3.63) is 102 Å². The van der Waals surface area contributed by atoms with Crippen molar-refractivity contribution in [2.24, 2.45) is 11.8 Å². The molecule has 3 aliphatic rings. The van der Waals surface area contributed by atoms with E-state index in [2.05, 4.69) is 10.6 Å². The number of hydrogen-bond donors (Lipinski definition) is 3. The molecule has 3 fully saturated rings. The molecule has 0 radical (unpaired) electrons. The highest BCUT2D eigenvalue weighted by molar-refractivity contribution is 6.02. The molecule has 3 aliphatic heterocycles. The first kappa shape index (κ1) is 26.2. The topological polar surface area (TPSA) is 108 Å².